The quantitative estimate of drug-likeness (QED) is 0.286. The zero-order valence-electron chi connectivity index (χ0n) is 22.0. The van der Waals surface area contributed by atoms with Crippen LogP contribution in [0.4, 0.5) is 4.39 Å². The minimum Gasteiger partial charge on any atom is -0.493 e. The van der Waals surface area contributed by atoms with Crippen molar-refractivity contribution in [1.29, 1.82) is 0 Å². The average molecular weight is 527 g/mol. The van der Waals surface area contributed by atoms with Gasteiger partial charge in [0.15, 0.2) is 11.5 Å². The number of amides is 2. The molecule has 0 aliphatic rings. The molecule has 0 saturated carbocycles. The van der Waals surface area contributed by atoms with Crippen LogP contribution in [-0.4, -0.2) is 55.5 Å². The van der Waals surface area contributed by atoms with E-state index in [-0.39, 0.29) is 18.4 Å². The molecule has 37 heavy (non-hydrogen) atoms. The summed E-state index contributed by atoms with van der Waals surface area (Å²) in [5.41, 5.74) is 2.53. The first kappa shape index (κ1) is 28.2. The van der Waals surface area contributed by atoms with Crippen LogP contribution in [0, 0.1) is 12.7 Å². The minimum absolute atomic E-state index is 0.0352. The molecule has 6 nitrogen and oxygen atoms in total. The summed E-state index contributed by atoms with van der Waals surface area (Å²) >= 11 is 1.62. The van der Waals surface area contributed by atoms with Crippen LogP contribution >= 0.6 is 11.3 Å². The number of thiophene rings is 1. The summed E-state index contributed by atoms with van der Waals surface area (Å²) < 4.78 is 24.2. The molecule has 2 aromatic carbocycles. The van der Waals surface area contributed by atoms with Crippen molar-refractivity contribution in [3.8, 4) is 11.5 Å². The summed E-state index contributed by atoms with van der Waals surface area (Å²) in [5, 5.41) is 2.02. The molecule has 0 N–H and O–H groups in total. The van der Waals surface area contributed by atoms with Crippen molar-refractivity contribution in [3.05, 3.63) is 81.3 Å². The number of benzene rings is 2. The molecule has 0 saturated heterocycles. The third kappa shape index (κ3) is 7.79. The van der Waals surface area contributed by atoms with Crippen molar-refractivity contribution in [2.24, 2.45) is 0 Å². The summed E-state index contributed by atoms with van der Waals surface area (Å²) in [6, 6.07) is 13.2. The molecule has 8 heteroatoms. The predicted molar refractivity (Wildman–Crippen MR) is 145 cm³/mol. The molecular weight excluding hydrogens is 491 g/mol. The maximum absolute atomic E-state index is 13.6. The van der Waals surface area contributed by atoms with Crippen molar-refractivity contribution in [2.45, 2.75) is 39.7 Å². The van der Waals surface area contributed by atoms with E-state index in [1.807, 2.05) is 48.4 Å². The van der Waals surface area contributed by atoms with Gasteiger partial charge in [-0.2, -0.15) is 0 Å². The molecule has 0 bridgehead atoms. The third-order valence-electron chi connectivity index (χ3n) is 6.26. The first-order valence-electron chi connectivity index (χ1n) is 12.4. The fourth-order valence-electron chi connectivity index (χ4n) is 3.97. The zero-order valence-corrected chi connectivity index (χ0v) is 22.8. The Morgan fingerprint density at radius 1 is 0.946 bits per heavy atom. The van der Waals surface area contributed by atoms with Gasteiger partial charge >= 0.3 is 0 Å². The number of hydrogen-bond acceptors (Lipinski definition) is 5. The summed E-state index contributed by atoms with van der Waals surface area (Å²) in [7, 11) is 3.19. The molecule has 1 heterocycles. The highest BCUT2D eigenvalue weighted by Gasteiger charge is 2.23. The fourth-order valence-corrected chi connectivity index (χ4v) is 4.89. The first-order chi connectivity index (χ1) is 17.9. The third-order valence-corrected chi connectivity index (χ3v) is 7.27. The van der Waals surface area contributed by atoms with E-state index < -0.39 is 5.82 Å². The van der Waals surface area contributed by atoms with E-state index in [0.717, 1.165) is 28.8 Å². The molecule has 1 aromatic heterocycles. The first-order valence-corrected chi connectivity index (χ1v) is 13.3. The maximum atomic E-state index is 13.6. The number of carbonyl (C=O) groups is 2. The normalized spacial score (nSPS) is 10.7. The van der Waals surface area contributed by atoms with E-state index in [9.17, 15) is 14.0 Å². The lowest BCUT2D eigenvalue weighted by molar-refractivity contribution is -0.132. The molecule has 2 amide bonds. The topological polar surface area (TPSA) is 59.1 Å². The van der Waals surface area contributed by atoms with Crippen LogP contribution in [0.2, 0.25) is 0 Å². The molecular formula is C29H35FN2O4S. The number of halogens is 1. The molecule has 0 spiro atoms. The van der Waals surface area contributed by atoms with Crippen LogP contribution in [0.25, 0.3) is 0 Å². The van der Waals surface area contributed by atoms with Gasteiger partial charge in [0.25, 0.3) is 5.91 Å². The number of rotatable bonds is 13. The van der Waals surface area contributed by atoms with Gasteiger partial charge in [0.1, 0.15) is 12.4 Å². The SMILES string of the molecule is CCCCN(CC(=O)N(CCc1ccc(OC)c(OC)c1)Cc1sccc1C)C(=O)c1ccc(F)cc1. The Kier molecular flexibility index (Phi) is 10.5. The van der Waals surface area contributed by atoms with E-state index in [1.54, 1.807) is 30.5 Å². The number of aryl methyl sites for hydroxylation is 1. The van der Waals surface area contributed by atoms with Gasteiger partial charge in [-0.15, -0.1) is 11.3 Å². The van der Waals surface area contributed by atoms with E-state index in [0.29, 0.717) is 43.1 Å². The van der Waals surface area contributed by atoms with Gasteiger partial charge in [0.05, 0.1) is 20.8 Å². The second-order valence-corrected chi connectivity index (χ2v) is 9.87. The lowest BCUT2D eigenvalue weighted by Gasteiger charge is -2.28. The van der Waals surface area contributed by atoms with Crippen molar-refractivity contribution >= 4 is 23.2 Å². The Morgan fingerprint density at radius 2 is 1.68 bits per heavy atom. The molecule has 0 atom stereocenters. The Labute approximate surface area is 222 Å². The standard InChI is InChI=1S/C29H35FN2O4S/c1-5-6-15-32(29(34)23-8-10-24(30)11-9-23)20-28(33)31(19-27-21(2)14-17-37-27)16-13-22-7-12-25(35-3)26(18-22)36-4/h7-12,14,17-18H,5-6,13,15-16,19-20H2,1-4H3. The molecule has 0 aliphatic heterocycles. The van der Waals surface area contributed by atoms with Gasteiger partial charge in [-0.3, -0.25) is 9.59 Å². The summed E-state index contributed by atoms with van der Waals surface area (Å²) in [6.07, 6.45) is 2.28. The van der Waals surface area contributed by atoms with Crippen LogP contribution in [0.3, 0.4) is 0 Å². The van der Waals surface area contributed by atoms with Crippen molar-refractivity contribution in [1.82, 2.24) is 9.80 Å². The Morgan fingerprint density at radius 3 is 2.30 bits per heavy atom. The van der Waals surface area contributed by atoms with Gasteiger partial charge in [0.2, 0.25) is 5.91 Å². The number of carbonyl (C=O) groups excluding carboxylic acids is 2. The molecule has 3 rings (SSSR count). The second kappa shape index (κ2) is 13.8. The van der Waals surface area contributed by atoms with Crippen LogP contribution in [0.5, 0.6) is 11.5 Å². The Hall–Kier alpha value is -3.39. The van der Waals surface area contributed by atoms with Crippen molar-refractivity contribution in [3.63, 3.8) is 0 Å². The lowest BCUT2D eigenvalue weighted by Crippen LogP contribution is -2.43. The largest absolute Gasteiger partial charge is 0.493 e. The van der Waals surface area contributed by atoms with Crippen molar-refractivity contribution in [2.75, 3.05) is 33.9 Å². The molecule has 0 aliphatic carbocycles. The van der Waals surface area contributed by atoms with Crippen molar-refractivity contribution < 1.29 is 23.5 Å². The van der Waals surface area contributed by atoms with Crippen LogP contribution in [-0.2, 0) is 17.8 Å². The minimum atomic E-state index is -0.402. The van der Waals surface area contributed by atoms with Crippen LogP contribution in [0.15, 0.2) is 53.9 Å². The van der Waals surface area contributed by atoms with E-state index >= 15 is 0 Å². The van der Waals surface area contributed by atoms with E-state index in [4.69, 9.17) is 9.47 Å². The predicted octanol–water partition coefficient (Wildman–Crippen LogP) is 5.73. The lowest BCUT2D eigenvalue weighted by atomic mass is 10.1. The highest BCUT2D eigenvalue weighted by molar-refractivity contribution is 7.10. The number of nitrogens with zero attached hydrogens (tertiary/aromatic N) is 2. The molecule has 0 radical (unpaired) electrons. The van der Waals surface area contributed by atoms with Crippen LogP contribution in [0.1, 0.15) is 46.1 Å². The van der Waals surface area contributed by atoms with E-state index in [1.165, 1.54) is 24.3 Å². The zero-order chi connectivity index (χ0) is 26.8. The smallest absolute Gasteiger partial charge is 0.254 e. The number of hydrogen-bond donors (Lipinski definition) is 0. The molecule has 198 valence electrons. The molecule has 0 unspecified atom stereocenters. The summed E-state index contributed by atoms with van der Waals surface area (Å²) in [5.74, 6) is 0.496. The van der Waals surface area contributed by atoms with Gasteiger partial charge in [-0.25, -0.2) is 4.39 Å². The summed E-state index contributed by atoms with van der Waals surface area (Å²) in [4.78, 5) is 31.3. The number of methoxy groups -OCH3 is 2. The van der Waals surface area contributed by atoms with Gasteiger partial charge in [-0.1, -0.05) is 19.4 Å². The maximum Gasteiger partial charge on any atom is 0.254 e. The molecule has 0 fully saturated rings. The Balaban J connectivity index is 1.79. The average Bonchev–Trinajstić information content (AvgIpc) is 3.32. The number of unbranched alkanes of at least 4 members (excludes halogenated alkanes) is 1. The fraction of sp³-hybridized carbons (Fsp3) is 0.379. The molecule has 3 aromatic rings. The summed E-state index contributed by atoms with van der Waals surface area (Å²) in [6.45, 7) is 5.46. The monoisotopic (exact) mass is 526 g/mol. The van der Waals surface area contributed by atoms with Gasteiger partial charge in [-0.05, 0) is 78.7 Å². The Bertz CT molecular complexity index is 1180. The number of ether oxygens (including phenoxy) is 2. The highest BCUT2D eigenvalue weighted by Crippen LogP contribution is 2.28. The van der Waals surface area contributed by atoms with Crippen LogP contribution < -0.4 is 9.47 Å². The van der Waals surface area contributed by atoms with Gasteiger partial charge in [0, 0.05) is 23.5 Å². The second-order valence-electron chi connectivity index (χ2n) is 8.87. The highest BCUT2D eigenvalue weighted by atomic mass is 32.1. The van der Waals surface area contributed by atoms with Gasteiger partial charge < -0.3 is 19.3 Å². The van der Waals surface area contributed by atoms with E-state index in [2.05, 4.69) is 0 Å².